The van der Waals surface area contributed by atoms with E-state index in [9.17, 15) is 0 Å². The zero-order chi connectivity index (χ0) is 22.0. The van der Waals surface area contributed by atoms with Gasteiger partial charge in [-0.3, -0.25) is 0 Å². The Morgan fingerprint density at radius 1 is 0.719 bits per heavy atom. The Morgan fingerprint density at radius 3 is 1.66 bits per heavy atom. The molecule has 0 spiro atoms. The van der Waals surface area contributed by atoms with Crippen molar-refractivity contribution in [2.24, 2.45) is 11.3 Å². The van der Waals surface area contributed by atoms with Crippen LogP contribution >= 0.6 is 0 Å². The molecule has 0 fully saturated rings. The van der Waals surface area contributed by atoms with Crippen LogP contribution in [0.25, 0.3) is 0 Å². The van der Waals surface area contributed by atoms with Crippen LogP contribution in [0, 0.1) is 16.9 Å². The van der Waals surface area contributed by atoms with E-state index in [1.165, 1.54) is 0 Å². The zero-order valence-corrected chi connectivity index (χ0v) is 20.5. The molecule has 0 bridgehead atoms. The van der Waals surface area contributed by atoms with Crippen LogP contribution in [0.15, 0.2) is 126 Å². The molecular weight excluding hydrogens is 400 g/mol. The van der Waals surface area contributed by atoms with Crippen LogP contribution in [0.3, 0.4) is 0 Å². The standard InChI is InChI=1S/C31H33Si/c1-24(32(2)29-22-4-3-5-23-29)31(27-18-10-11-19-27,28-20-12-13-21-28)30(25-14-6-7-15-25)26-16-8-9-17-26/h3-14,16,18,20,22-23,30,32H,15,17,19,21H2,1-2H3. The highest BCUT2D eigenvalue weighted by Gasteiger charge is 2.53. The van der Waals surface area contributed by atoms with Gasteiger partial charge in [0.2, 0.25) is 0 Å². The molecule has 1 radical (unpaired) electrons. The Labute approximate surface area is 195 Å². The molecule has 5 rings (SSSR count). The summed E-state index contributed by atoms with van der Waals surface area (Å²) in [6, 6.07) is 11.3. The van der Waals surface area contributed by atoms with Crippen molar-refractivity contribution in [1.29, 1.82) is 0 Å². The topological polar surface area (TPSA) is 0 Å². The molecule has 4 aliphatic rings. The first-order chi connectivity index (χ1) is 15.7. The van der Waals surface area contributed by atoms with Crippen molar-refractivity contribution in [3.8, 4) is 0 Å². The van der Waals surface area contributed by atoms with E-state index in [0.717, 1.165) is 25.7 Å². The Bertz CT molecular complexity index is 1040. The van der Waals surface area contributed by atoms with Gasteiger partial charge in [0, 0.05) is 11.3 Å². The molecule has 0 nitrogen and oxygen atoms in total. The van der Waals surface area contributed by atoms with Gasteiger partial charge in [-0.25, -0.2) is 0 Å². The first-order valence-electron chi connectivity index (χ1n) is 12.0. The summed E-state index contributed by atoms with van der Waals surface area (Å²) in [7, 11) is -1.35. The van der Waals surface area contributed by atoms with Gasteiger partial charge < -0.3 is 0 Å². The molecule has 32 heavy (non-hydrogen) atoms. The van der Waals surface area contributed by atoms with Gasteiger partial charge in [-0.05, 0) is 31.2 Å². The summed E-state index contributed by atoms with van der Waals surface area (Å²) >= 11 is 0. The van der Waals surface area contributed by atoms with E-state index in [1.54, 1.807) is 33.0 Å². The lowest BCUT2D eigenvalue weighted by atomic mass is 9.57. The Hall–Kier alpha value is -2.64. The summed E-state index contributed by atoms with van der Waals surface area (Å²) in [5, 5.41) is 1.54. The number of allylic oxidation sites excluding steroid dienone is 16. The molecule has 4 aliphatic carbocycles. The predicted molar refractivity (Wildman–Crippen MR) is 141 cm³/mol. The van der Waals surface area contributed by atoms with Gasteiger partial charge >= 0.3 is 0 Å². The Balaban J connectivity index is 1.72. The molecule has 1 unspecified atom stereocenters. The summed E-state index contributed by atoms with van der Waals surface area (Å²) in [6.45, 7) is 5.05. The van der Waals surface area contributed by atoms with Crippen LogP contribution in [0.5, 0.6) is 0 Å². The van der Waals surface area contributed by atoms with Crippen molar-refractivity contribution in [2.45, 2.75) is 39.2 Å². The Morgan fingerprint density at radius 2 is 1.22 bits per heavy atom. The fourth-order valence-electron chi connectivity index (χ4n) is 6.27. The lowest BCUT2D eigenvalue weighted by molar-refractivity contribution is 0.362. The molecule has 0 aliphatic heterocycles. The highest BCUT2D eigenvalue weighted by Crippen LogP contribution is 2.60. The average Bonchev–Trinajstić information content (AvgIpc) is 3.65. The van der Waals surface area contributed by atoms with Gasteiger partial charge in [0.25, 0.3) is 0 Å². The van der Waals surface area contributed by atoms with Crippen LogP contribution in [0.1, 0.15) is 32.6 Å². The SMILES string of the molecule is C[C]([SiH](C)c1ccccc1)C(C1=CC=CC1)(C1=CC=CC1)C(C1=CC=CC1)C1=CC=CC1. The molecule has 0 N–H and O–H groups in total. The van der Waals surface area contributed by atoms with Crippen LogP contribution in [-0.2, 0) is 0 Å². The molecular formula is C31H33Si. The van der Waals surface area contributed by atoms with Gasteiger partial charge in [0.15, 0.2) is 0 Å². The van der Waals surface area contributed by atoms with Crippen molar-refractivity contribution in [1.82, 2.24) is 0 Å². The van der Waals surface area contributed by atoms with E-state index < -0.39 is 8.80 Å². The number of benzene rings is 1. The van der Waals surface area contributed by atoms with Crippen LogP contribution < -0.4 is 5.19 Å². The highest BCUT2D eigenvalue weighted by atomic mass is 28.3. The van der Waals surface area contributed by atoms with Crippen molar-refractivity contribution < 1.29 is 0 Å². The predicted octanol–water partition coefficient (Wildman–Crippen LogP) is 7.03. The maximum absolute atomic E-state index is 2.55. The first-order valence-corrected chi connectivity index (χ1v) is 14.4. The number of hydrogen-bond donors (Lipinski definition) is 0. The van der Waals surface area contributed by atoms with E-state index in [1.807, 2.05) is 0 Å². The van der Waals surface area contributed by atoms with Crippen molar-refractivity contribution in [3.63, 3.8) is 0 Å². The second-order valence-electron chi connectivity index (χ2n) is 9.45. The van der Waals surface area contributed by atoms with E-state index in [-0.39, 0.29) is 5.41 Å². The van der Waals surface area contributed by atoms with Crippen LogP contribution in [0.2, 0.25) is 6.55 Å². The third kappa shape index (κ3) is 3.53. The van der Waals surface area contributed by atoms with Gasteiger partial charge in [-0.1, -0.05) is 144 Å². The number of rotatable bonds is 8. The molecule has 1 heteroatoms. The van der Waals surface area contributed by atoms with Gasteiger partial charge in [0.1, 0.15) is 0 Å². The van der Waals surface area contributed by atoms with Gasteiger partial charge in [0.05, 0.1) is 8.80 Å². The monoisotopic (exact) mass is 433 g/mol. The van der Waals surface area contributed by atoms with Crippen LogP contribution in [-0.4, -0.2) is 8.80 Å². The third-order valence-electron chi connectivity index (χ3n) is 7.90. The summed E-state index contributed by atoms with van der Waals surface area (Å²) in [6.07, 6.45) is 32.5. The molecule has 161 valence electrons. The highest BCUT2D eigenvalue weighted by molar-refractivity contribution is 6.77. The molecule has 1 aromatic rings. The fourth-order valence-corrected chi connectivity index (χ4v) is 8.79. The molecule has 0 aromatic heterocycles. The van der Waals surface area contributed by atoms with Crippen molar-refractivity contribution >= 4 is 14.0 Å². The largest absolute Gasteiger partial charge is 0.0804 e. The minimum absolute atomic E-state index is 0.0514. The Kier molecular flexibility index (Phi) is 6.02. The summed E-state index contributed by atoms with van der Waals surface area (Å²) in [4.78, 5) is 0. The first kappa shape index (κ1) is 21.2. The molecule has 1 aromatic carbocycles. The maximum atomic E-state index is 2.55. The summed E-state index contributed by atoms with van der Waals surface area (Å²) in [5.74, 6) is 0.392. The summed E-state index contributed by atoms with van der Waals surface area (Å²) in [5.41, 5.74) is 7.99. The van der Waals surface area contributed by atoms with E-state index in [2.05, 4.69) is 117 Å². The minimum atomic E-state index is -1.35. The van der Waals surface area contributed by atoms with E-state index in [4.69, 9.17) is 0 Å². The summed E-state index contributed by atoms with van der Waals surface area (Å²) < 4.78 is 0. The average molecular weight is 434 g/mol. The van der Waals surface area contributed by atoms with Gasteiger partial charge in [-0.15, -0.1) is 0 Å². The fraction of sp³-hybridized carbons (Fsp3) is 0.258. The quantitative estimate of drug-likeness (QED) is 0.386. The maximum Gasteiger partial charge on any atom is 0.0751 e. The van der Waals surface area contributed by atoms with E-state index >= 15 is 0 Å². The van der Waals surface area contributed by atoms with Crippen molar-refractivity contribution in [2.75, 3.05) is 0 Å². The lowest BCUT2D eigenvalue weighted by Gasteiger charge is -2.51. The van der Waals surface area contributed by atoms with Gasteiger partial charge in [-0.2, -0.15) is 0 Å². The minimum Gasteiger partial charge on any atom is -0.0804 e. The smallest absolute Gasteiger partial charge is 0.0751 e. The van der Waals surface area contributed by atoms with Crippen molar-refractivity contribution in [3.05, 3.63) is 131 Å². The van der Waals surface area contributed by atoms with Crippen LogP contribution in [0.4, 0.5) is 0 Å². The number of hydrogen-bond acceptors (Lipinski definition) is 0. The third-order valence-corrected chi connectivity index (χ3v) is 11.0. The normalized spacial score (nSPS) is 20.4. The zero-order valence-electron chi connectivity index (χ0n) is 19.3. The van der Waals surface area contributed by atoms with E-state index in [0.29, 0.717) is 5.92 Å². The lowest BCUT2D eigenvalue weighted by Crippen LogP contribution is -2.49. The second-order valence-corrected chi connectivity index (χ2v) is 12.4. The molecule has 1 atom stereocenters. The second kappa shape index (κ2) is 9.08. The molecule has 0 saturated carbocycles. The molecule has 0 amide bonds. The molecule has 0 saturated heterocycles. The molecule has 0 heterocycles.